The van der Waals surface area contributed by atoms with Gasteiger partial charge in [0.25, 0.3) is 0 Å². The lowest BCUT2D eigenvalue weighted by Gasteiger charge is -2.20. The first-order chi connectivity index (χ1) is 7.63. The molecule has 0 fully saturated rings. The van der Waals surface area contributed by atoms with E-state index in [1.807, 2.05) is 11.0 Å². The van der Waals surface area contributed by atoms with Gasteiger partial charge in [0.05, 0.1) is 0 Å². The average molecular weight is 238 g/mol. The average Bonchev–Trinajstić information content (AvgIpc) is 2.53. The van der Waals surface area contributed by atoms with E-state index in [4.69, 9.17) is 11.6 Å². The molecule has 0 aromatic heterocycles. The third-order valence-corrected chi connectivity index (χ3v) is 3.27. The maximum Gasteiger partial charge on any atom is 0.224 e. The van der Waals surface area contributed by atoms with Crippen molar-refractivity contribution in [2.75, 3.05) is 10.8 Å². The molecule has 1 aromatic rings. The van der Waals surface area contributed by atoms with Gasteiger partial charge in [-0.25, -0.2) is 0 Å². The molecule has 0 N–H and O–H groups in total. The third-order valence-electron chi connectivity index (χ3n) is 3.08. The van der Waals surface area contributed by atoms with Gasteiger partial charge in [0.1, 0.15) is 0 Å². The van der Waals surface area contributed by atoms with Crippen molar-refractivity contribution in [3.8, 4) is 0 Å². The van der Waals surface area contributed by atoms with Gasteiger partial charge in [0.15, 0.2) is 0 Å². The summed E-state index contributed by atoms with van der Waals surface area (Å²) in [5, 5.41) is 0. The molecule has 0 radical (unpaired) electrons. The number of fused-ring (bicyclic) bond motifs is 1. The Balaban J connectivity index is 2.34. The molecule has 0 spiro atoms. The van der Waals surface area contributed by atoms with E-state index in [1.165, 1.54) is 11.1 Å². The maximum absolute atomic E-state index is 11.5. The Labute approximate surface area is 101 Å². The number of aryl methyl sites for hydroxylation is 1. The molecule has 1 atom stereocenters. The summed E-state index contributed by atoms with van der Waals surface area (Å²) in [6.45, 7) is 3.71. The first kappa shape index (κ1) is 11.5. The molecule has 1 aliphatic heterocycles. The molecular formula is C13H16ClNO. The minimum atomic E-state index is 0.122. The van der Waals surface area contributed by atoms with E-state index in [2.05, 4.69) is 19.1 Å². The van der Waals surface area contributed by atoms with Crippen molar-refractivity contribution in [3.05, 3.63) is 29.3 Å². The highest BCUT2D eigenvalue weighted by atomic mass is 35.5. The number of carbonyl (C=O) groups excluding carboxylic acids is 1. The van der Waals surface area contributed by atoms with Crippen LogP contribution in [0.25, 0.3) is 0 Å². The topological polar surface area (TPSA) is 20.3 Å². The van der Waals surface area contributed by atoms with E-state index < -0.39 is 0 Å². The molecule has 1 amide bonds. The first-order valence-electron chi connectivity index (χ1n) is 5.61. The van der Waals surface area contributed by atoms with Crippen molar-refractivity contribution in [2.24, 2.45) is 0 Å². The molecular weight excluding hydrogens is 222 g/mol. The van der Waals surface area contributed by atoms with Gasteiger partial charge in [-0.3, -0.25) is 4.79 Å². The Hall–Kier alpha value is -1.02. The van der Waals surface area contributed by atoms with Gasteiger partial charge in [0.2, 0.25) is 5.91 Å². The van der Waals surface area contributed by atoms with Gasteiger partial charge in [-0.15, -0.1) is 11.6 Å². The molecule has 1 unspecified atom stereocenters. The minimum Gasteiger partial charge on any atom is -0.309 e. The first-order valence-corrected chi connectivity index (χ1v) is 6.14. The largest absolute Gasteiger partial charge is 0.309 e. The van der Waals surface area contributed by atoms with Crippen molar-refractivity contribution in [1.82, 2.24) is 0 Å². The summed E-state index contributed by atoms with van der Waals surface area (Å²) in [4.78, 5) is 13.4. The van der Waals surface area contributed by atoms with Crippen LogP contribution in [0.1, 0.15) is 25.0 Å². The van der Waals surface area contributed by atoms with Gasteiger partial charge in [-0.2, -0.15) is 0 Å². The van der Waals surface area contributed by atoms with Crippen LogP contribution in [0.5, 0.6) is 0 Å². The van der Waals surface area contributed by atoms with Gasteiger partial charge in [-0.1, -0.05) is 12.1 Å². The number of rotatable bonds is 2. The summed E-state index contributed by atoms with van der Waals surface area (Å²) < 4.78 is 0. The summed E-state index contributed by atoms with van der Waals surface area (Å²) in [7, 11) is 0. The predicted octanol–water partition coefficient (Wildman–Crippen LogP) is 2.77. The number of anilines is 1. The number of hydrogen-bond donors (Lipinski definition) is 0. The van der Waals surface area contributed by atoms with Crippen molar-refractivity contribution in [2.45, 2.75) is 32.7 Å². The highest BCUT2D eigenvalue weighted by Crippen LogP contribution is 2.32. The minimum absolute atomic E-state index is 0.122. The lowest BCUT2D eigenvalue weighted by molar-refractivity contribution is -0.116. The van der Waals surface area contributed by atoms with Crippen LogP contribution >= 0.6 is 11.6 Å². The van der Waals surface area contributed by atoms with Gasteiger partial charge >= 0.3 is 0 Å². The van der Waals surface area contributed by atoms with E-state index in [9.17, 15) is 4.79 Å². The second kappa shape index (κ2) is 4.46. The lowest BCUT2D eigenvalue weighted by atomic mass is 10.1. The number of alkyl halides is 1. The van der Waals surface area contributed by atoms with Crippen molar-refractivity contribution < 1.29 is 4.79 Å². The molecule has 86 valence electrons. The van der Waals surface area contributed by atoms with Crippen molar-refractivity contribution in [3.63, 3.8) is 0 Å². The smallest absolute Gasteiger partial charge is 0.224 e. The van der Waals surface area contributed by atoms with Gasteiger partial charge in [-0.05, 0) is 37.0 Å². The quantitative estimate of drug-likeness (QED) is 0.725. The summed E-state index contributed by atoms with van der Waals surface area (Å²) in [5.74, 6) is 0.765. The monoisotopic (exact) mass is 237 g/mol. The Morgan fingerprint density at radius 1 is 1.56 bits per heavy atom. The summed E-state index contributed by atoms with van der Waals surface area (Å²) in [5.41, 5.74) is 3.59. The second-order valence-electron chi connectivity index (χ2n) is 4.34. The Morgan fingerprint density at radius 3 is 2.94 bits per heavy atom. The van der Waals surface area contributed by atoms with Crippen LogP contribution < -0.4 is 4.90 Å². The Bertz CT molecular complexity index is 416. The standard InChI is InChI=1S/C13H16ClNO/c1-9-7-12-8-11(5-6-14)3-4-13(12)15(9)10(2)16/h3-4,8-9H,5-7H2,1-2H3. The van der Waals surface area contributed by atoms with E-state index in [0.29, 0.717) is 5.88 Å². The SMILES string of the molecule is CC(=O)N1c2ccc(CCCl)cc2CC1C. The van der Waals surface area contributed by atoms with Crippen molar-refractivity contribution >= 4 is 23.2 Å². The summed E-state index contributed by atoms with van der Waals surface area (Å²) in [6.07, 6.45) is 1.84. The third kappa shape index (κ3) is 1.94. The number of halogens is 1. The van der Waals surface area contributed by atoms with E-state index >= 15 is 0 Å². The molecule has 1 aliphatic rings. The van der Waals surface area contributed by atoms with Crippen LogP contribution in [0.4, 0.5) is 5.69 Å². The molecule has 0 saturated heterocycles. The number of carbonyl (C=O) groups is 1. The van der Waals surface area contributed by atoms with E-state index in [0.717, 1.165) is 18.5 Å². The normalized spacial score (nSPS) is 18.7. The second-order valence-corrected chi connectivity index (χ2v) is 4.72. The Kier molecular flexibility index (Phi) is 3.20. The van der Waals surface area contributed by atoms with E-state index in [-0.39, 0.29) is 11.9 Å². The van der Waals surface area contributed by atoms with Crippen LogP contribution in [-0.2, 0) is 17.6 Å². The number of hydrogen-bond acceptors (Lipinski definition) is 1. The van der Waals surface area contributed by atoms with Crippen LogP contribution in [0.3, 0.4) is 0 Å². The number of amides is 1. The van der Waals surface area contributed by atoms with Crippen LogP contribution in [0, 0.1) is 0 Å². The predicted molar refractivity (Wildman–Crippen MR) is 67.2 cm³/mol. The maximum atomic E-state index is 11.5. The number of benzene rings is 1. The molecule has 16 heavy (non-hydrogen) atoms. The van der Waals surface area contributed by atoms with Crippen LogP contribution in [0.15, 0.2) is 18.2 Å². The van der Waals surface area contributed by atoms with E-state index in [1.54, 1.807) is 6.92 Å². The highest BCUT2D eigenvalue weighted by molar-refractivity contribution is 6.18. The highest BCUT2D eigenvalue weighted by Gasteiger charge is 2.28. The van der Waals surface area contributed by atoms with Crippen LogP contribution in [0.2, 0.25) is 0 Å². The molecule has 1 aromatic carbocycles. The molecule has 0 aliphatic carbocycles. The molecule has 1 heterocycles. The molecule has 2 nitrogen and oxygen atoms in total. The van der Waals surface area contributed by atoms with Gasteiger partial charge < -0.3 is 4.90 Å². The fraction of sp³-hybridized carbons (Fsp3) is 0.462. The molecule has 0 bridgehead atoms. The van der Waals surface area contributed by atoms with Crippen molar-refractivity contribution in [1.29, 1.82) is 0 Å². The molecule has 0 saturated carbocycles. The molecule has 3 heteroatoms. The van der Waals surface area contributed by atoms with Gasteiger partial charge in [0, 0.05) is 24.5 Å². The molecule has 2 rings (SSSR count). The zero-order valence-electron chi connectivity index (χ0n) is 9.66. The summed E-state index contributed by atoms with van der Waals surface area (Å²) in [6, 6.07) is 6.56. The summed E-state index contributed by atoms with van der Waals surface area (Å²) >= 11 is 5.73. The zero-order chi connectivity index (χ0) is 11.7. The zero-order valence-corrected chi connectivity index (χ0v) is 10.4. The lowest BCUT2D eigenvalue weighted by Crippen LogP contribution is -2.33. The fourth-order valence-corrected chi connectivity index (χ4v) is 2.65. The number of nitrogens with zero attached hydrogens (tertiary/aromatic N) is 1. The fourth-order valence-electron chi connectivity index (χ4n) is 2.43. The Morgan fingerprint density at radius 2 is 2.31 bits per heavy atom. The van der Waals surface area contributed by atoms with Crippen LogP contribution in [-0.4, -0.2) is 17.8 Å².